The van der Waals surface area contributed by atoms with Crippen molar-refractivity contribution in [2.24, 2.45) is 7.05 Å². The van der Waals surface area contributed by atoms with Gasteiger partial charge < -0.3 is 5.32 Å². The topological polar surface area (TPSA) is 29.9 Å². The van der Waals surface area contributed by atoms with E-state index < -0.39 is 0 Å². The zero-order chi connectivity index (χ0) is 14.7. The summed E-state index contributed by atoms with van der Waals surface area (Å²) in [5.74, 6) is 0. The summed E-state index contributed by atoms with van der Waals surface area (Å²) >= 11 is 8.22. The molecule has 0 fully saturated rings. The van der Waals surface area contributed by atoms with Gasteiger partial charge in [0.15, 0.2) is 0 Å². The van der Waals surface area contributed by atoms with Crippen LogP contribution in [0.4, 0.5) is 0 Å². The summed E-state index contributed by atoms with van der Waals surface area (Å²) in [6, 6.07) is 0.295. The maximum atomic E-state index is 6.47. The molecular weight excluding hydrogens is 290 g/mol. The lowest BCUT2D eigenvalue weighted by molar-refractivity contribution is 0.528. The van der Waals surface area contributed by atoms with Crippen LogP contribution in [-0.2, 0) is 19.9 Å². The van der Waals surface area contributed by atoms with Crippen LogP contribution in [0.25, 0.3) is 0 Å². The molecule has 0 aliphatic heterocycles. The third-order valence-electron chi connectivity index (χ3n) is 3.62. The minimum absolute atomic E-state index is 0.295. The van der Waals surface area contributed by atoms with Crippen molar-refractivity contribution < 1.29 is 0 Å². The van der Waals surface area contributed by atoms with Gasteiger partial charge in [-0.1, -0.05) is 25.4 Å². The molecule has 0 aliphatic carbocycles. The van der Waals surface area contributed by atoms with Gasteiger partial charge in [0, 0.05) is 19.5 Å². The fraction of sp³-hybridized carbons (Fsp3) is 0.533. The molecule has 0 bridgehead atoms. The van der Waals surface area contributed by atoms with E-state index in [1.807, 2.05) is 11.7 Å². The summed E-state index contributed by atoms with van der Waals surface area (Å²) in [6.45, 7) is 7.33. The average Bonchev–Trinajstić information content (AvgIpc) is 2.96. The fourth-order valence-corrected chi connectivity index (χ4v) is 3.78. The van der Waals surface area contributed by atoms with Crippen LogP contribution in [0.5, 0.6) is 0 Å². The Labute approximate surface area is 130 Å². The number of aromatic nitrogens is 2. The van der Waals surface area contributed by atoms with Gasteiger partial charge in [0.05, 0.1) is 16.4 Å². The predicted octanol–water partition coefficient (Wildman–Crippen LogP) is 3.90. The van der Waals surface area contributed by atoms with Crippen LogP contribution in [0.1, 0.15) is 42.4 Å². The lowest BCUT2D eigenvalue weighted by Crippen LogP contribution is -2.24. The van der Waals surface area contributed by atoms with Crippen molar-refractivity contribution in [1.82, 2.24) is 15.1 Å². The summed E-state index contributed by atoms with van der Waals surface area (Å²) in [4.78, 5) is 0. The molecule has 0 radical (unpaired) electrons. The first-order chi connectivity index (χ1) is 9.58. The monoisotopic (exact) mass is 311 g/mol. The second-order valence-electron chi connectivity index (χ2n) is 5.01. The van der Waals surface area contributed by atoms with Crippen molar-refractivity contribution in [3.05, 3.63) is 38.3 Å². The molecule has 1 unspecified atom stereocenters. The standard InChI is InChI=1S/C15H22ClN3S/c1-5-12-15(16)14(19(4)18-12)7-13(17-6-2)11-9-20-8-10(11)3/h8-9,13,17H,5-7H2,1-4H3. The molecule has 20 heavy (non-hydrogen) atoms. The maximum absolute atomic E-state index is 6.47. The predicted molar refractivity (Wildman–Crippen MR) is 86.8 cm³/mol. The largest absolute Gasteiger partial charge is 0.310 e. The number of thiophene rings is 1. The number of hydrogen-bond donors (Lipinski definition) is 1. The van der Waals surface area contributed by atoms with Crippen LogP contribution >= 0.6 is 22.9 Å². The van der Waals surface area contributed by atoms with Gasteiger partial charge in [-0.25, -0.2) is 0 Å². The molecule has 0 saturated heterocycles. The van der Waals surface area contributed by atoms with Gasteiger partial charge in [-0.15, -0.1) is 0 Å². The second kappa shape index (κ2) is 6.74. The Hall–Kier alpha value is -0.840. The van der Waals surface area contributed by atoms with Crippen molar-refractivity contribution in [1.29, 1.82) is 0 Å². The van der Waals surface area contributed by atoms with Gasteiger partial charge in [-0.2, -0.15) is 16.4 Å². The zero-order valence-corrected chi connectivity index (χ0v) is 14.1. The van der Waals surface area contributed by atoms with Crippen LogP contribution in [0.15, 0.2) is 10.8 Å². The van der Waals surface area contributed by atoms with Crippen molar-refractivity contribution in [2.75, 3.05) is 6.54 Å². The molecule has 3 nitrogen and oxygen atoms in total. The summed E-state index contributed by atoms with van der Waals surface area (Å²) in [6.07, 6.45) is 1.74. The van der Waals surface area contributed by atoms with E-state index in [-0.39, 0.29) is 0 Å². The van der Waals surface area contributed by atoms with E-state index in [0.29, 0.717) is 6.04 Å². The third kappa shape index (κ3) is 3.08. The fourth-order valence-electron chi connectivity index (χ4n) is 2.50. The molecule has 0 spiro atoms. The minimum atomic E-state index is 0.295. The number of halogens is 1. The molecule has 5 heteroatoms. The molecule has 2 heterocycles. The highest BCUT2D eigenvalue weighted by Crippen LogP contribution is 2.29. The highest BCUT2D eigenvalue weighted by molar-refractivity contribution is 7.08. The van der Waals surface area contributed by atoms with Crippen LogP contribution in [-0.4, -0.2) is 16.3 Å². The van der Waals surface area contributed by atoms with Crippen molar-refractivity contribution in [3.8, 4) is 0 Å². The second-order valence-corrected chi connectivity index (χ2v) is 6.13. The Bertz CT molecular complexity index is 574. The summed E-state index contributed by atoms with van der Waals surface area (Å²) < 4.78 is 1.92. The molecule has 0 saturated carbocycles. The van der Waals surface area contributed by atoms with E-state index in [2.05, 4.69) is 41.9 Å². The summed E-state index contributed by atoms with van der Waals surface area (Å²) in [5, 5.41) is 13.3. The Morgan fingerprint density at radius 2 is 2.15 bits per heavy atom. The van der Waals surface area contributed by atoms with Gasteiger partial charge in [0.25, 0.3) is 0 Å². The van der Waals surface area contributed by atoms with Crippen LogP contribution < -0.4 is 5.32 Å². The molecule has 2 aromatic heterocycles. The molecule has 0 amide bonds. The number of hydrogen-bond acceptors (Lipinski definition) is 3. The van der Waals surface area contributed by atoms with Crippen LogP contribution in [0, 0.1) is 6.92 Å². The third-order valence-corrected chi connectivity index (χ3v) is 4.94. The average molecular weight is 312 g/mol. The maximum Gasteiger partial charge on any atom is 0.0850 e. The van der Waals surface area contributed by atoms with E-state index in [1.54, 1.807) is 11.3 Å². The zero-order valence-electron chi connectivity index (χ0n) is 12.5. The molecule has 0 aliphatic rings. The van der Waals surface area contributed by atoms with Gasteiger partial charge >= 0.3 is 0 Å². The SMILES string of the molecule is CCNC(Cc1c(Cl)c(CC)nn1C)c1cscc1C. The van der Waals surface area contributed by atoms with Gasteiger partial charge in [-0.05, 0) is 41.8 Å². The molecule has 2 rings (SSSR count). The molecule has 1 N–H and O–H groups in total. The van der Waals surface area contributed by atoms with Crippen LogP contribution in [0.3, 0.4) is 0 Å². The van der Waals surface area contributed by atoms with Crippen molar-refractivity contribution >= 4 is 22.9 Å². The molecule has 1 atom stereocenters. The smallest absolute Gasteiger partial charge is 0.0850 e. The van der Waals surface area contributed by atoms with Crippen molar-refractivity contribution in [2.45, 2.75) is 39.7 Å². The van der Waals surface area contributed by atoms with E-state index >= 15 is 0 Å². The van der Waals surface area contributed by atoms with E-state index in [4.69, 9.17) is 11.6 Å². The van der Waals surface area contributed by atoms with Crippen LogP contribution in [0.2, 0.25) is 5.02 Å². The molecule has 110 valence electrons. The highest BCUT2D eigenvalue weighted by atomic mass is 35.5. The van der Waals surface area contributed by atoms with Gasteiger partial charge in [-0.3, -0.25) is 4.68 Å². The quantitative estimate of drug-likeness (QED) is 0.877. The summed E-state index contributed by atoms with van der Waals surface area (Å²) in [7, 11) is 1.98. The van der Waals surface area contributed by atoms with E-state index in [0.717, 1.165) is 35.8 Å². The first kappa shape index (κ1) is 15.5. The number of nitrogens with one attached hydrogen (secondary N) is 1. The number of rotatable bonds is 6. The highest BCUT2D eigenvalue weighted by Gasteiger charge is 2.20. The number of nitrogens with zero attached hydrogens (tertiary/aromatic N) is 2. The Kier molecular flexibility index (Phi) is 5.24. The first-order valence-corrected chi connectivity index (χ1v) is 8.36. The minimum Gasteiger partial charge on any atom is -0.310 e. The molecule has 2 aromatic rings. The number of aryl methyl sites for hydroxylation is 3. The molecular formula is C15H22ClN3S. The van der Waals surface area contributed by atoms with Crippen molar-refractivity contribution in [3.63, 3.8) is 0 Å². The number of likely N-dealkylation sites (N-methyl/N-ethyl adjacent to an activating group) is 1. The Balaban J connectivity index is 2.29. The summed E-state index contributed by atoms with van der Waals surface area (Å²) in [5.41, 5.74) is 4.81. The van der Waals surface area contributed by atoms with Gasteiger partial charge in [0.1, 0.15) is 0 Å². The van der Waals surface area contributed by atoms with E-state index in [9.17, 15) is 0 Å². The van der Waals surface area contributed by atoms with E-state index in [1.165, 1.54) is 11.1 Å². The lowest BCUT2D eigenvalue weighted by Gasteiger charge is -2.18. The first-order valence-electron chi connectivity index (χ1n) is 7.04. The normalized spacial score (nSPS) is 12.8. The van der Waals surface area contributed by atoms with Gasteiger partial charge in [0.2, 0.25) is 0 Å². The Morgan fingerprint density at radius 1 is 1.40 bits per heavy atom. The Morgan fingerprint density at radius 3 is 2.65 bits per heavy atom. The molecule has 0 aromatic carbocycles. The lowest BCUT2D eigenvalue weighted by atomic mass is 10.0.